The van der Waals surface area contributed by atoms with Gasteiger partial charge in [0.25, 0.3) is 0 Å². The van der Waals surface area contributed by atoms with Crippen LogP contribution in [0.2, 0.25) is 0 Å². The van der Waals surface area contributed by atoms with Crippen LogP contribution in [0.25, 0.3) is 0 Å². The van der Waals surface area contributed by atoms with E-state index in [2.05, 4.69) is 44.5 Å². The molecule has 3 nitrogen and oxygen atoms in total. The topological polar surface area (TPSA) is 35.5 Å². The summed E-state index contributed by atoms with van der Waals surface area (Å²) in [6.07, 6.45) is 0.911. The van der Waals surface area contributed by atoms with Gasteiger partial charge in [-0.2, -0.15) is 0 Å². The average molecular weight is 240 g/mol. The van der Waals surface area contributed by atoms with Crippen LogP contribution in [0.15, 0.2) is 12.2 Å². The van der Waals surface area contributed by atoms with Crippen molar-refractivity contribution in [1.82, 2.24) is 10.2 Å². The first-order chi connectivity index (χ1) is 7.78. The number of nitrogens with zero attached hydrogens (tertiary/aromatic N) is 1. The minimum Gasteiger partial charge on any atom is -0.392 e. The van der Waals surface area contributed by atoms with E-state index in [0.717, 1.165) is 32.6 Å². The summed E-state index contributed by atoms with van der Waals surface area (Å²) in [4.78, 5) is 2.30. The second-order valence-electron chi connectivity index (χ2n) is 6.42. The van der Waals surface area contributed by atoms with E-state index in [1.165, 1.54) is 5.57 Å². The highest BCUT2D eigenvalue weighted by Crippen LogP contribution is 2.17. The third-order valence-electron chi connectivity index (χ3n) is 3.32. The lowest BCUT2D eigenvalue weighted by Crippen LogP contribution is -2.45. The zero-order valence-electron chi connectivity index (χ0n) is 11.8. The lowest BCUT2D eigenvalue weighted by molar-refractivity contribution is 0.0330. The predicted molar refractivity (Wildman–Crippen MR) is 73.1 cm³/mol. The van der Waals surface area contributed by atoms with Crippen molar-refractivity contribution in [2.24, 2.45) is 5.92 Å². The Morgan fingerprint density at radius 3 is 2.65 bits per heavy atom. The van der Waals surface area contributed by atoms with Crippen molar-refractivity contribution in [3.8, 4) is 0 Å². The predicted octanol–water partition coefficient (Wildman–Crippen LogP) is 1.63. The molecule has 0 radical (unpaired) electrons. The molecule has 1 aliphatic heterocycles. The Balaban J connectivity index is 2.27. The maximum absolute atomic E-state index is 9.83. The number of nitrogens with one attached hydrogen (secondary N) is 1. The molecule has 3 heteroatoms. The van der Waals surface area contributed by atoms with Crippen molar-refractivity contribution in [3.05, 3.63) is 12.2 Å². The molecule has 2 N–H and O–H groups in total. The van der Waals surface area contributed by atoms with E-state index in [9.17, 15) is 5.11 Å². The Bertz CT molecular complexity index is 257. The highest BCUT2D eigenvalue weighted by Gasteiger charge is 2.24. The van der Waals surface area contributed by atoms with E-state index >= 15 is 0 Å². The van der Waals surface area contributed by atoms with Crippen molar-refractivity contribution >= 4 is 0 Å². The molecular weight excluding hydrogens is 212 g/mol. The van der Waals surface area contributed by atoms with Gasteiger partial charge < -0.3 is 10.4 Å². The van der Waals surface area contributed by atoms with Crippen LogP contribution >= 0.6 is 0 Å². The minimum absolute atomic E-state index is 0.138. The van der Waals surface area contributed by atoms with Gasteiger partial charge in [-0.3, -0.25) is 4.90 Å². The van der Waals surface area contributed by atoms with E-state index in [1.807, 2.05) is 0 Å². The van der Waals surface area contributed by atoms with Crippen LogP contribution in [0, 0.1) is 5.92 Å². The van der Waals surface area contributed by atoms with Gasteiger partial charge in [0.15, 0.2) is 0 Å². The smallest absolute Gasteiger partial charge is 0.0693 e. The van der Waals surface area contributed by atoms with E-state index in [1.54, 1.807) is 0 Å². The van der Waals surface area contributed by atoms with Crippen molar-refractivity contribution in [2.45, 2.75) is 45.8 Å². The Morgan fingerprint density at radius 1 is 1.47 bits per heavy atom. The fourth-order valence-corrected chi connectivity index (χ4v) is 2.02. The van der Waals surface area contributed by atoms with E-state index in [0.29, 0.717) is 5.92 Å². The molecule has 2 unspecified atom stereocenters. The third-order valence-corrected chi connectivity index (χ3v) is 3.32. The molecule has 0 bridgehead atoms. The monoisotopic (exact) mass is 240 g/mol. The Labute approximate surface area is 106 Å². The molecule has 0 spiro atoms. The largest absolute Gasteiger partial charge is 0.392 e. The van der Waals surface area contributed by atoms with Crippen LogP contribution < -0.4 is 5.32 Å². The Hall–Kier alpha value is -0.380. The van der Waals surface area contributed by atoms with Gasteiger partial charge in [0.2, 0.25) is 0 Å². The second kappa shape index (κ2) is 5.98. The highest BCUT2D eigenvalue weighted by atomic mass is 16.3. The molecule has 0 aromatic carbocycles. The van der Waals surface area contributed by atoms with Gasteiger partial charge in [-0.15, -0.1) is 0 Å². The van der Waals surface area contributed by atoms with Gasteiger partial charge in [0.05, 0.1) is 6.10 Å². The van der Waals surface area contributed by atoms with Crippen molar-refractivity contribution < 1.29 is 5.11 Å². The molecule has 1 aliphatic rings. The summed E-state index contributed by atoms with van der Waals surface area (Å²) in [5.74, 6) is 0.437. The lowest BCUT2D eigenvalue weighted by atomic mass is 9.96. The van der Waals surface area contributed by atoms with E-state index in [-0.39, 0.29) is 11.6 Å². The van der Waals surface area contributed by atoms with Gasteiger partial charge in [-0.1, -0.05) is 13.5 Å². The number of rotatable bonds is 4. The number of β-amino-alcohol motifs (C(OH)–C–C–N with tert-alkyl or cyclic N) is 1. The highest BCUT2D eigenvalue weighted by molar-refractivity contribution is 5.02. The molecule has 1 rings (SSSR count). The molecule has 2 atom stereocenters. The summed E-state index contributed by atoms with van der Waals surface area (Å²) in [5.41, 5.74) is 1.33. The van der Waals surface area contributed by atoms with Crippen LogP contribution in [-0.4, -0.2) is 47.8 Å². The van der Waals surface area contributed by atoms with Crippen LogP contribution in [0.3, 0.4) is 0 Å². The first-order valence-corrected chi connectivity index (χ1v) is 6.60. The summed E-state index contributed by atoms with van der Waals surface area (Å²) in [6.45, 7) is 16.3. The molecule has 1 fully saturated rings. The molecule has 1 saturated heterocycles. The first-order valence-electron chi connectivity index (χ1n) is 6.60. The summed E-state index contributed by atoms with van der Waals surface area (Å²) in [7, 11) is 0. The molecule has 0 saturated carbocycles. The number of aliphatic hydroxyl groups is 1. The van der Waals surface area contributed by atoms with Gasteiger partial charge in [0.1, 0.15) is 0 Å². The molecule has 0 aromatic heterocycles. The van der Waals surface area contributed by atoms with Gasteiger partial charge >= 0.3 is 0 Å². The zero-order chi connectivity index (χ0) is 13.1. The molecule has 17 heavy (non-hydrogen) atoms. The fourth-order valence-electron chi connectivity index (χ4n) is 2.02. The average Bonchev–Trinajstić information content (AvgIpc) is 2.20. The summed E-state index contributed by atoms with van der Waals surface area (Å²) < 4.78 is 0. The standard InChI is InChI=1S/C14H28N2O/c1-11(8-15-14(3,4)5)9-16-7-6-12(2)13(17)10-16/h12-13,15,17H,1,6-10H2,2-5H3. The molecule has 100 valence electrons. The zero-order valence-corrected chi connectivity index (χ0v) is 11.8. The third kappa shape index (κ3) is 5.66. The van der Waals surface area contributed by atoms with Crippen LogP contribution in [0.1, 0.15) is 34.1 Å². The van der Waals surface area contributed by atoms with Crippen molar-refractivity contribution in [2.75, 3.05) is 26.2 Å². The maximum atomic E-state index is 9.83. The fraction of sp³-hybridized carbons (Fsp3) is 0.857. The van der Waals surface area contributed by atoms with Gasteiger partial charge in [-0.25, -0.2) is 0 Å². The lowest BCUT2D eigenvalue weighted by Gasteiger charge is -2.35. The molecule has 0 amide bonds. The van der Waals surface area contributed by atoms with Gasteiger partial charge in [0, 0.05) is 25.2 Å². The summed E-state index contributed by atoms with van der Waals surface area (Å²) in [5, 5.41) is 13.3. The number of aliphatic hydroxyl groups excluding tert-OH is 1. The van der Waals surface area contributed by atoms with Crippen molar-refractivity contribution in [1.29, 1.82) is 0 Å². The van der Waals surface area contributed by atoms with E-state index in [4.69, 9.17) is 0 Å². The number of hydrogen-bond donors (Lipinski definition) is 2. The Morgan fingerprint density at radius 2 is 2.12 bits per heavy atom. The minimum atomic E-state index is -0.174. The van der Waals surface area contributed by atoms with Gasteiger partial charge in [-0.05, 0) is 45.2 Å². The van der Waals surface area contributed by atoms with Crippen LogP contribution in [0.4, 0.5) is 0 Å². The normalized spacial score (nSPS) is 27.1. The molecule has 0 aromatic rings. The SMILES string of the molecule is C=C(CNC(C)(C)C)CN1CCC(C)C(O)C1. The van der Waals surface area contributed by atoms with E-state index < -0.39 is 0 Å². The van der Waals surface area contributed by atoms with Crippen LogP contribution in [0.5, 0.6) is 0 Å². The molecule has 0 aliphatic carbocycles. The van der Waals surface area contributed by atoms with Crippen LogP contribution in [-0.2, 0) is 0 Å². The maximum Gasteiger partial charge on any atom is 0.0693 e. The summed E-state index contributed by atoms with van der Waals surface area (Å²) in [6, 6.07) is 0. The molecule has 1 heterocycles. The second-order valence-corrected chi connectivity index (χ2v) is 6.42. The number of likely N-dealkylation sites (tertiary alicyclic amines) is 1. The quantitative estimate of drug-likeness (QED) is 0.733. The number of hydrogen-bond acceptors (Lipinski definition) is 3. The molecular formula is C14H28N2O. The first kappa shape index (κ1) is 14.7. The number of piperidine rings is 1. The Kier molecular flexibility index (Phi) is 5.17. The van der Waals surface area contributed by atoms with Crippen molar-refractivity contribution in [3.63, 3.8) is 0 Å². The summed E-state index contributed by atoms with van der Waals surface area (Å²) >= 11 is 0.